The predicted molar refractivity (Wildman–Crippen MR) is 57.3 cm³/mol. The van der Waals surface area contributed by atoms with Gasteiger partial charge >= 0.3 is 6.03 Å². The highest BCUT2D eigenvalue weighted by Crippen LogP contribution is 2.19. The van der Waals surface area contributed by atoms with Gasteiger partial charge in [-0.2, -0.15) is 0 Å². The van der Waals surface area contributed by atoms with Crippen LogP contribution in [-0.4, -0.2) is 43.7 Å². The normalized spacial score (nSPS) is 22.7. The fourth-order valence-corrected chi connectivity index (χ4v) is 1.87. The number of hydrogen-bond acceptors (Lipinski definition) is 2. The maximum absolute atomic E-state index is 11.5. The van der Waals surface area contributed by atoms with Crippen molar-refractivity contribution in [3.8, 4) is 0 Å². The fourth-order valence-electron chi connectivity index (χ4n) is 1.87. The lowest BCUT2D eigenvalue weighted by atomic mass is 9.92. The van der Waals surface area contributed by atoms with Crippen LogP contribution in [0, 0.1) is 5.41 Å². The lowest BCUT2D eigenvalue weighted by molar-refractivity contribution is 0.170. The van der Waals surface area contributed by atoms with Crippen LogP contribution >= 0.6 is 0 Å². The first-order chi connectivity index (χ1) is 6.46. The molecule has 14 heavy (non-hydrogen) atoms. The molecule has 2 amide bonds. The molecule has 0 aromatic heterocycles. The summed E-state index contributed by atoms with van der Waals surface area (Å²) in [6.07, 6.45) is 0. The Morgan fingerprint density at radius 2 is 2.29 bits per heavy atom. The molecule has 4 heteroatoms. The van der Waals surface area contributed by atoms with Gasteiger partial charge in [0.25, 0.3) is 0 Å². The van der Waals surface area contributed by atoms with Gasteiger partial charge in [0.2, 0.25) is 0 Å². The number of urea groups is 1. The lowest BCUT2D eigenvalue weighted by Gasteiger charge is -2.31. The molecule has 4 nitrogen and oxygen atoms in total. The monoisotopic (exact) mass is 199 g/mol. The van der Waals surface area contributed by atoms with Crippen LogP contribution in [0.4, 0.5) is 4.79 Å². The molecule has 1 saturated heterocycles. The summed E-state index contributed by atoms with van der Waals surface area (Å²) in [7, 11) is 1.94. The fraction of sp³-hybridized carbons (Fsp3) is 0.900. The number of carbonyl (C=O) groups excluding carboxylic acids is 1. The van der Waals surface area contributed by atoms with E-state index in [2.05, 4.69) is 31.4 Å². The Morgan fingerprint density at radius 1 is 1.64 bits per heavy atom. The second kappa shape index (κ2) is 4.17. The summed E-state index contributed by atoms with van der Waals surface area (Å²) in [4.78, 5) is 13.4. The van der Waals surface area contributed by atoms with Gasteiger partial charge in [0.05, 0.1) is 0 Å². The van der Waals surface area contributed by atoms with Crippen LogP contribution in [0.25, 0.3) is 0 Å². The molecule has 1 unspecified atom stereocenters. The maximum atomic E-state index is 11.5. The largest absolute Gasteiger partial charge is 0.336 e. The molecule has 0 aliphatic carbocycles. The second-order valence-corrected chi connectivity index (χ2v) is 4.86. The minimum Gasteiger partial charge on any atom is -0.336 e. The first kappa shape index (κ1) is 11.3. The molecule has 1 aliphatic heterocycles. The summed E-state index contributed by atoms with van der Waals surface area (Å²) in [6, 6.07) is 0.389. The van der Waals surface area contributed by atoms with Crippen molar-refractivity contribution >= 4 is 6.03 Å². The van der Waals surface area contributed by atoms with Crippen LogP contribution in [0.1, 0.15) is 20.8 Å². The average Bonchev–Trinajstić information content (AvgIpc) is 2.35. The van der Waals surface area contributed by atoms with Gasteiger partial charge in [-0.1, -0.05) is 13.8 Å². The number of nitrogens with one attached hydrogen (secondary N) is 2. The third-order valence-corrected chi connectivity index (χ3v) is 2.60. The summed E-state index contributed by atoms with van der Waals surface area (Å²) < 4.78 is 0. The molecule has 0 saturated carbocycles. The van der Waals surface area contributed by atoms with Gasteiger partial charge in [0, 0.05) is 25.7 Å². The van der Waals surface area contributed by atoms with Crippen molar-refractivity contribution in [3.63, 3.8) is 0 Å². The number of amides is 2. The van der Waals surface area contributed by atoms with Gasteiger partial charge in [-0.25, -0.2) is 4.79 Å². The van der Waals surface area contributed by atoms with Crippen molar-refractivity contribution in [2.45, 2.75) is 26.8 Å². The summed E-state index contributed by atoms with van der Waals surface area (Å²) >= 11 is 0. The van der Waals surface area contributed by atoms with E-state index >= 15 is 0 Å². The Kier molecular flexibility index (Phi) is 3.37. The van der Waals surface area contributed by atoms with Gasteiger partial charge < -0.3 is 15.5 Å². The van der Waals surface area contributed by atoms with Gasteiger partial charge in [0.15, 0.2) is 0 Å². The van der Waals surface area contributed by atoms with E-state index in [1.165, 1.54) is 0 Å². The Hall–Kier alpha value is -0.770. The van der Waals surface area contributed by atoms with Crippen molar-refractivity contribution in [3.05, 3.63) is 0 Å². The van der Waals surface area contributed by atoms with E-state index in [0.29, 0.717) is 6.04 Å². The number of carbonyl (C=O) groups is 1. The van der Waals surface area contributed by atoms with Crippen molar-refractivity contribution in [2.75, 3.05) is 26.7 Å². The van der Waals surface area contributed by atoms with Gasteiger partial charge in [-0.15, -0.1) is 0 Å². The van der Waals surface area contributed by atoms with Crippen LogP contribution in [-0.2, 0) is 0 Å². The SMILES string of the molecule is CNCC(C)(C)CN1C(=O)NCC1C. The molecule has 0 bridgehead atoms. The standard InChI is InChI=1S/C10H21N3O/c1-8-5-12-9(14)13(8)7-10(2,3)6-11-4/h8,11H,5-7H2,1-4H3,(H,12,14). The van der Waals surface area contributed by atoms with Crippen LogP contribution < -0.4 is 10.6 Å². The third kappa shape index (κ3) is 2.61. The maximum Gasteiger partial charge on any atom is 0.317 e. The molecular weight excluding hydrogens is 178 g/mol. The highest BCUT2D eigenvalue weighted by atomic mass is 16.2. The van der Waals surface area contributed by atoms with E-state index in [4.69, 9.17) is 0 Å². The Bertz CT molecular complexity index is 215. The molecule has 1 heterocycles. The molecule has 1 aliphatic rings. The number of hydrogen-bond donors (Lipinski definition) is 2. The first-order valence-electron chi connectivity index (χ1n) is 5.15. The van der Waals surface area contributed by atoms with Crippen LogP contribution in [0.5, 0.6) is 0 Å². The molecule has 0 spiro atoms. The minimum absolute atomic E-state index is 0.0710. The van der Waals surface area contributed by atoms with E-state index in [-0.39, 0.29) is 11.4 Å². The van der Waals surface area contributed by atoms with E-state index in [1.807, 2.05) is 11.9 Å². The quantitative estimate of drug-likeness (QED) is 0.698. The highest BCUT2D eigenvalue weighted by Gasteiger charge is 2.31. The summed E-state index contributed by atoms with van der Waals surface area (Å²) in [5, 5.41) is 6.00. The van der Waals surface area contributed by atoms with E-state index in [0.717, 1.165) is 19.6 Å². The molecular formula is C10H21N3O. The number of rotatable bonds is 4. The Balaban J connectivity index is 2.53. The van der Waals surface area contributed by atoms with Gasteiger partial charge in [-0.05, 0) is 19.4 Å². The Labute approximate surface area is 86.0 Å². The average molecular weight is 199 g/mol. The molecule has 1 rings (SSSR count). The van der Waals surface area contributed by atoms with Crippen molar-refractivity contribution in [1.29, 1.82) is 0 Å². The molecule has 2 N–H and O–H groups in total. The molecule has 0 radical (unpaired) electrons. The van der Waals surface area contributed by atoms with E-state index in [1.54, 1.807) is 0 Å². The molecule has 0 aromatic carbocycles. The molecule has 1 atom stereocenters. The van der Waals surface area contributed by atoms with Crippen LogP contribution in [0.2, 0.25) is 0 Å². The number of nitrogens with zero attached hydrogens (tertiary/aromatic N) is 1. The smallest absolute Gasteiger partial charge is 0.317 e. The van der Waals surface area contributed by atoms with E-state index in [9.17, 15) is 4.79 Å². The molecule has 0 aromatic rings. The zero-order chi connectivity index (χ0) is 10.8. The van der Waals surface area contributed by atoms with Crippen LogP contribution in [0.3, 0.4) is 0 Å². The van der Waals surface area contributed by atoms with Crippen molar-refractivity contribution in [2.24, 2.45) is 5.41 Å². The second-order valence-electron chi connectivity index (χ2n) is 4.86. The lowest BCUT2D eigenvalue weighted by Crippen LogP contribution is -2.43. The summed E-state index contributed by atoms with van der Waals surface area (Å²) in [5.74, 6) is 0. The third-order valence-electron chi connectivity index (χ3n) is 2.60. The first-order valence-corrected chi connectivity index (χ1v) is 5.15. The minimum atomic E-state index is 0.0710. The highest BCUT2D eigenvalue weighted by molar-refractivity contribution is 5.76. The predicted octanol–water partition coefficient (Wildman–Crippen LogP) is 0.646. The summed E-state index contributed by atoms with van der Waals surface area (Å²) in [6.45, 7) is 8.91. The zero-order valence-corrected chi connectivity index (χ0v) is 9.55. The van der Waals surface area contributed by atoms with E-state index < -0.39 is 0 Å². The van der Waals surface area contributed by atoms with Crippen molar-refractivity contribution < 1.29 is 4.79 Å². The summed E-state index contributed by atoms with van der Waals surface area (Å²) in [5.41, 5.74) is 0.130. The molecule has 1 fully saturated rings. The molecule has 82 valence electrons. The van der Waals surface area contributed by atoms with Crippen LogP contribution in [0.15, 0.2) is 0 Å². The van der Waals surface area contributed by atoms with Gasteiger partial charge in [0.1, 0.15) is 0 Å². The zero-order valence-electron chi connectivity index (χ0n) is 9.55. The van der Waals surface area contributed by atoms with Crippen molar-refractivity contribution in [1.82, 2.24) is 15.5 Å². The van der Waals surface area contributed by atoms with Gasteiger partial charge in [-0.3, -0.25) is 0 Å². The Morgan fingerprint density at radius 3 is 2.71 bits per heavy atom. The topological polar surface area (TPSA) is 44.4 Å².